The Labute approximate surface area is 240 Å². The number of hydrogen-bond donors (Lipinski definition) is 3. The summed E-state index contributed by atoms with van der Waals surface area (Å²) in [6, 6.07) is 19.0. The molecule has 5 aromatic rings. The lowest BCUT2D eigenvalue weighted by Crippen LogP contribution is -2.23. The highest BCUT2D eigenvalue weighted by molar-refractivity contribution is 6.14. The molecule has 3 N–H and O–H groups in total. The number of rotatable bonds is 10. The molecule has 2 heterocycles. The molecule has 0 amide bonds. The standard InChI is InChI=1S/C33H32F2N2O5/c1-19(2)36-28(16-15-24(38)17-25(39)18-29(40)41)30(20-7-9-21(34)10-8-20)31-26-5-3-4-6-27(26)37(33(42)32(31)36)23-13-11-22(35)12-14-23/h3-14,19,24-25,38-39H,15-18H2,1-2H3,(H,40,41). The van der Waals surface area contributed by atoms with Crippen LogP contribution in [0.1, 0.15) is 44.8 Å². The van der Waals surface area contributed by atoms with Crippen LogP contribution in [0.4, 0.5) is 8.78 Å². The van der Waals surface area contributed by atoms with E-state index in [1.165, 1.54) is 24.3 Å². The fourth-order valence-electron chi connectivity index (χ4n) is 5.82. The van der Waals surface area contributed by atoms with E-state index in [2.05, 4.69) is 0 Å². The van der Waals surface area contributed by atoms with Crippen LogP contribution in [0.2, 0.25) is 0 Å². The maximum Gasteiger partial charge on any atom is 0.305 e. The van der Waals surface area contributed by atoms with Crippen LogP contribution in [0.25, 0.3) is 38.6 Å². The number of aromatic nitrogens is 2. The molecule has 7 nitrogen and oxygen atoms in total. The quantitative estimate of drug-likeness (QED) is 0.190. The SMILES string of the molecule is CC(C)n1c(CCC(O)CC(O)CC(=O)O)c(-c2ccc(F)cc2)c2c3ccccc3n(-c3ccc(F)cc3)c(=O)c21. The first kappa shape index (κ1) is 29.2. The number of carbonyl (C=O) groups is 1. The molecular formula is C33H32F2N2O5. The number of aliphatic carboxylic acids is 1. The lowest BCUT2D eigenvalue weighted by atomic mass is 9.96. The highest BCUT2D eigenvalue weighted by Crippen LogP contribution is 2.41. The van der Waals surface area contributed by atoms with Crippen LogP contribution in [0.3, 0.4) is 0 Å². The molecule has 2 aromatic heterocycles. The van der Waals surface area contributed by atoms with Gasteiger partial charge in [-0.05, 0) is 81.1 Å². The van der Waals surface area contributed by atoms with E-state index in [1.54, 1.807) is 28.8 Å². The lowest BCUT2D eigenvalue weighted by Gasteiger charge is -2.19. The molecule has 0 saturated carbocycles. The van der Waals surface area contributed by atoms with Gasteiger partial charge in [0.25, 0.3) is 5.56 Å². The van der Waals surface area contributed by atoms with E-state index in [1.807, 2.05) is 42.7 Å². The molecule has 42 heavy (non-hydrogen) atoms. The van der Waals surface area contributed by atoms with Gasteiger partial charge in [-0.3, -0.25) is 14.2 Å². The van der Waals surface area contributed by atoms with Crippen LogP contribution >= 0.6 is 0 Å². The van der Waals surface area contributed by atoms with Crippen molar-refractivity contribution in [3.63, 3.8) is 0 Å². The average molecular weight is 575 g/mol. The van der Waals surface area contributed by atoms with Crippen molar-refractivity contribution in [2.24, 2.45) is 0 Å². The number of aliphatic hydroxyl groups excluding tert-OH is 2. The maximum atomic E-state index is 14.4. The second-order valence-corrected chi connectivity index (χ2v) is 10.8. The van der Waals surface area contributed by atoms with Gasteiger partial charge in [0.2, 0.25) is 0 Å². The average Bonchev–Trinajstić information content (AvgIpc) is 3.29. The van der Waals surface area contributed by atoms with Gasteiger partial charge in [0.15, 0.2) is 0 Å². The van der Waals surface area contributed by atoms with Gasteiger partial charge in [-0.1, -0.05) is 30.3 Å². The van der Waals surface area contributed by atoms with Gasteiger partial charge >= 0.3 is 5.97 Å². The van der Waals surface area contributed by atoms with Crippen molar-refractivity contribution in [2.75, 3.05) is 0 Å². The van der Waals surface area contributed by atoms with Gasteiger partial charge in [-0.25, -0.2) is 8.78 Å². The zero-order valence-corrected chi connectivity index (χ0v) is 23.3. The zero-order chi connectivity index (χ0) is 30.1. The first-order valence-electron chi connectivity index (χ1n) is 13.9. The van der Waals surface area contributed by atoms with Gasteiger partial charge in [-0.2, -0.15) is 0 Å². The minimum atomic E-state index is -1.20. The number of hydrogen-bond acceptors (Lipinski definition) is 4. The maximum absolute atomic E-state index is 14.4. The second-order valence-electron chi connectivity index (χ2n) is 10.8. The zero-order valence-electron chi connectivity index (χ0n) is 23.3. The highest BCUT2D eigenvalue weighted by atomic mass is 19.1. The molecule has 0 aliphatic heterocycles. The molecule has 3 aromatic carbocycles. The van der Waals surface area contributed by atoms with Gasteiger partial charge in [0.05, 0.1) is 24.1 Å². The summed E-state index contributed by atoms with van der Waals surface area (Å²) in [5, 5.41) is 31.2. The molecule has 0 aliphatic carbocycles. The Balaban J connectivity index is 1.80. The van der Waals surface area contributed by atoms with Crippen LogP contribution in [-0.4, -0.2) is 42.6 Å². The smallest absolute Gasteiger partial charge is 0.305 e. The summed E-state index contributed by atoms with van der Waals surface area (Å²) in [5.41, 5.74) is 3.41. The molecule has 0 saturated heterocycles. The van der Waals surface area contributed by atoms with Crippen molar-refractivity contribution in [3.8, 4) is 16.8 Å². The number of carboxylic acid groups (broad SMARTS) is 1. The van der Waals surface area contributed by atoms with Crippen LogP contribution in [0, 0.1) is 11.6 Å². The predicted octanol–water partition coefficient (Wildman–Crippen LogP) is 5.99. The highest BCUT2D eigenvalue weighted by Gasteiger charge is 2.27. The van der Waals surface area contributed by atoms with Crippen LogP contribution < -0.4 is 5.56 Å². The molecule has 0 aliphatic rings. The fourth-order valence-corrected chi connectivity index (χ4v) is 5.82. The normalized spacial score (nSPS) is 13.2. The molecule has 0 spiro atoms. The fraction of sp³-hybridized carbons (Fsp3) is 0.273. The Bertz CT molecular complexity index is 1810. The van der Waals surface area contributed by atoms with Crippen molar-refractivity contribution in [2.45, 2.75) is 57.8 Å². The largest absolute Gasteiger partial charge is 0.481 e. The number of para-hydroxylation sites is 1. The Kier molecular flexibility index (Phi) is 8.24. The third-order valence-corrected chi connectivity index (χ3v) is 7.53. The Hall–Kier alpha value is -4.34. The van der Waals surface area contributed by atoms with Crippen molar-refractivity contribution in [3.05, 3.63) is 100 Å². The molecule has 2 atom stereocenters. The summed E-state index contributed by atoms with van der Waals surface area (Å²) in [4.78, 5) is 25.4. The third kappa shape index (κ3) is 5.57. The molecular weight excluding hydrogens is 542 g/mol. The van der Waals surface area contributed by atoms with Crippen molar-refractivity contribution >= 4 is 27.8 Å². The minimum Gasteiger partial charge on any atom is -0.481 e. The topological polar surface area (TPSA) is 105 Å². The summed E-state index contributed by atoms with van der Waals surface area (Å²) < 4.78 is 31.3. The van der Waals surface area contributed by atoms with Gasteiger partial charge in [-0.15, -0.1) is 0 Å². The van der Waals surface area contributed by atoms with Gasteiger partial charge in [0, 0.05) is 33.8 Å². The number of aliphatic hydroxyl groups is 2. The number of fused-ring (bicyclic) bond motifs is 3. The molecule has 2 unspecified atom stereocenters. The van der Waals surface area contributed by atoms with E-state index in [-0.39, 0.29) is 24.4 Å². The second kappa shape index (κ2) is 11.9. The summed E-state index contributed by atoms with van der Waals surface area (Å²) in [6.07, 6.45) is -2.29. The minimum absolute atomic E-state index is 0.111. The number of benzene rings is 3. The molecule has 0 bridgehead atoms. The molecule has 9 heteroatoms. The first-order chi connectivity index (χ1) is 20.1. The van der Waals surface area contributed by atoms with Crippen molar-refractivity contribution in [1.82, 2.24) is 9.13 Å². The Morgan fingerprint density at radius 1 is 0.881 bits per heavy atom. The monoisotopic (exact) mass is 574 g/mol. The lowest BCUT2D eigenvalue weighted by molar-refractivity contribution is -0.139. The van der Waals surface area contributed by atoms with Crippen LogP contribution in [0.5, 0.6) is 0 Å². The summed E-state index contributed by atoms with van der Waals surface area (Å²) in [5.74, 6) is -1.98. The van der Waals surface area contributed by atoms with E-state index < -0.39 is 36.2 Å². The van der Waals surface area contributed by atoms with Crippen molar-refractivity contribution < 1.29 is 28.9 Å². The van der Waals surface area contributed by atoms with Gasteiger partial charge < -0.3 is 19.9 Å². The summed E-state index contributed by atoms with van der Waals surface area (Å²) in [7, 11) is 0. The molecule has 218 valence electrons. The van der Waals surface area contributed by atoms with Crippen molar-refractivity contribution in [1.29, 1.82) is 0 Å². The number of pyridine rings is 1. The number of carboxylic acids is 1. The first-order valence-corrected chi connectivity index (χ1v) is 13.9. The number of nitrogens with zero attached hydrogens (tertiary/aromatic N) is 2. The van der Waals surface area contributed by atoms with Crippen LogP contribution in [-0.2, 0) is 11.2 Å². The third-order valence-electron chi connectivity index (χ3n) is 7.53. The number of halogens is 2. The Morgan fingerprint density at radius 2 is 1.50 bits per heavy atom. The Morgan fingerprint density at radius 3 is 2.12 bits per heavy atom. The van der Waals surface area contributed by atoms with Gasteiger partial charge in [0.1, 0.15) is 17.2 Å². The van der Waals surface area contributed by atoms with E-state index in [0.717, 1.165) is 16.6 Å². The predicted molar refractivity (Wildman–Crippen MR) is 158 cm³/mol. The molecule has 5 rings (SSSR count). The molecule has 0 radical (unpaired) electrons. The summed E-state index contributed by atoms with van der Waals surface area (Å²) >= 11 is 0. The molecule has 0 fully saturated rings. The van der Waals surface area contributed by atoms with E-state index in [4.69, 9.17) is 5.11 Å². The van der Waals surface area contributed by atoms with E-state index >= 15 is 0 Å². The van der Waals surface area contributed by atoms with E-state index in [9.17, 15) is 28.6 Å². The van der Waals surface area contributed by atoms with E-state index in [0.29, 0.717) is 34.1 Å². The summed E-state index contributed by atoms with van der Waals surface area (Å²) in [6.45, 7) is 3.89. The van der Waals surface area contributed by atoms with Crippen LogP contribution in [0.15, 0.2) is 77.6 Å².